The molecule has 0 spiro atoms. The number of aliphatic hydroxyl groups is 3. The number of benzene rings is 1. The van der Waals surface area contributed by atoms with E-state index in [2.05, 4.69) is 0 Å². The summed E-state index contributed by atoms with van der Waals surface area (Å²) in [5.74, 6) is -2.72. The number of hydrogen-bond donors (Lipinski definition) is 5. The van der Waals surface area contributed by atoms with Crippen LogP contribution in [0.5, 0.6) is 11.5 Å². The van der Waals surface area contributed by atoms with Gasteiger partial charge in [0.25, 0.3) is 0 Å². The lowest BCUT2D eigenvalue weighted by Crippen LogP contribution is -2.29. The maximum atomic E-state index is 12.5. The van der Waals surface area contributed by atoms with E-state index in [-0.39, 0.29) is 22.6 Å². The molecule has 2 rings (SSSR count). The van der Waals surface area contributed by atoms with Gasteiger partial charge in [-0.1, -0.05) is 23.8 Å². The summed E-state index contributed by atoms with van der Waals surface area (Å²) >= 11 is 6.01. The summed E-state index contributed by atoms with van der Waals surface area (Å²) in [5.41, 5.74) is -0.527. The van der Waals surface area contributed by atoms with E-state index in [9.17, 15) is 35.1 Å². The van der Waals surface area contributed by atoms with Crippen molar-refractivity contribution in [3.63, 3.8) is 0 Å². The smallest absolute Gasteiger partial charge is 0.342 e. The van der Waals surface area contributed by atoms with E-state index in [0.29, 0.717) is 0 Å². The number of halogens is 1. The first-order valence-corrected chi connectivity index (χ1v) is 8.66. The van der Waals surface area contributed by atoms with Crippen molar-refractivity contribution >= 4 is 23.4 Å². The maximum absolute atomic E-state index is 12.5. The Labute approximate surface area is 160 Å². The topological polar surface area (TPSA) is 145 Å². The molecule has 0 saturated heterocycles. The van der Waals surface area contributed by atoms with Crippen LogP contribution in [0.2, 0.25) is 5.02 Å². The number of rotatable bonds is 0. The van der Waals surface area contributed by atoms with Crippen LogP contribution in [0.3, 0.4) is 0 Å². The molecule has 27 heavy (non-hydrogen) atoms. The molecule has 0 aromatic heterocycles. The van der Waals surface area contributed by atoms with Gasteiger partial charge in [0.15, 0.2) is 0 Å². The molecule has 0 amide bonds. The highest BCUT2D eigenvalue weighted by molar-refractivity contribution is 6.33. The number of hydrogen-bond acceptors (Lipinski definition) is 8. The molecule has 5 N–H and O–H groups in total. The lowest BCUT2D eigenvalue weighted by Gasteiger charge is -2.20. The minimum absolute atomic E-state index is 0.00804. The molecule has 8 nitrogen and oxygen atoms in total. The van der Waals surface area contributed by atoms with Crippen molar-refractivity contribution in [1.29, 1.82) is 0 Å². The monoisotopic (exact) mass is 400 g/mol. The average Bonchev–Trinajstić information content (AvgIpc) is 2.56. The van der Waals surface area contributed by atoms with Crippen LogP contribution in [0.1, 0.15) is 35.7 Å². The molecule has 1 aromatic rings. The average molecular weight is 401 g/mol. The van der Waals surface area contributed by atoms with Crippen LogP contribution < -0.4 is 0 Å². The second-order valence-electron chi connectivity index (χ2n) is 6.46. The highest BCUT2D eigenvalue weighted by atomic mass is 35.5. The molecule has 1 aliphatic heterocycles. The van der Waals surface area contributed by atoms with Crippen molar-refractivity contribution in [2.75, 3.05) is 0 Å². The minimum Gasteiger partial charge on any atom is -0.507 e. The molecular weight excluding hydrogens is 380 g/mol. The van der Waals surface area contributed by atoms with Gasteiger partial charge in [0.2, 0.25) is 0 Å². The van der Waals surface area contributed by atoms with E-state index < -0.39 is 60.5 Å². The Kier molecular flexibility index (Phi) is 6.83. The Bertz CT molecular complexity index is 760. The Morgan fingerprint density at radius 1 is 1.11 bits per heavy atom. The molecule has 0 saturated carbocycles. The summed E-state index contributed by atoms with van der Waals surface area (Å²) in [4.78, 5) is 24.7. The van der Waals surface area contributed by atoms with Gasteiger partial charge in [0.05, 0.1) is 23.3 Å². The number of Topliss-reactive ketones (excluding diaryl/α,β-unsaturated/α-hetero) is 1. The largest absolute Gasteiger partial charge is 0.507 e. The number of carbonyl (C=O) groups excluding carboxylic acids is 2. The fourth-order valence-corrected chi connectivity index (χ4v) is 3.00. The number of esters is 1. The van der Waals surface area contributed by atoms with E-state index in [4.69, 9.17) is 16.3 Å². The number of aliphatic hydroxyl groups excluding tert-OH is 3. The molecule has 1 aliphatic rings. The Morgan fingerprint density at radius 3 is 2.44 bits per heavy atom. The molecule has 4 atom stereocenters. The Morgan fingerprint density at radius 2 is 1.78 bits per heavy atom. The van der Waals surface area contributed by atoms with Gasteiger partial charge in [-0.05, 0) is 6.92 Å². The Balaban J connectivity index is 2.49. The molecule has 0 fully saturated rings. The van der Waals surface area contributed by atoms with Gasteiger partial charge < -0.3 is 30.3 Å². The number of aromatic hydroxyl groups is 2. The maximum Gasteiger partial charge on any atom is 0.342 e. The van der Waals surface area contributed by atoms with Crippen LogP contribution in [-0.2, 0) is 16.0 Å². The number of ether oxygens (including phenoxy) is 1. The molecule has 0 radical (unpaired) electrons. The summed E-state index contributed by atoms with van der Waals surface area (Å²) in [6.45, 7) is 1.51. The van der Waals surface area contributed by atoms with Gasteiger partial charge in [-0.3, -0.25) is 4.79 Å². The van der Waals surface area contributed by atoms with Crippen molar-refractivity contribution in [3.8, 4) is 11.5 Å². The van der Waals surface area contributed by atoms with Crippen molar-refractivity contribution in [3.05, 3.63) is 34.4 Å². The quantitative estimate of drug-likeness (QED) is 0.318. The van der Waals surface area contributed by atoms with E-state index in [0.717, 1.165) is 12.1 Å². The number of phenols is 2. The Hall–Kier alpha value is -2.13. The van der Waals surface area contributed by atoms with Gasteiger partial charge in [-0.2, -0.15) is 0 Å². The number of ketones is 1. The zero-order valence-corrected chi connectivity index (χ0v) is 15.3. The predicted molar refractivity (Wildman–Crippen MR) is 94.8 cm³/mol. The highest BCUT2D eigenvalue weighted by Crippen LogP contribution is 2.37. The fraction of sp³-hybridized carbons (Fsp3) is 0.444. The van der Waals surface area contributed by atoms with Crippen molar-refractivity contribution in [2.24, 2.45) is 0 Å². The fourth-order valence-electron chi connectivity index (χ4n) is 2.78. The van der Waals surface area contributed by atoms with Crippen LogP contribution in [-0.4, -0.2) is 61.7 Å². The number of fused-ring (bicyclic) bond motifs is 1. The normalized spacial score (nSPS) is 28.8. The molecule has 1 aromatic carbocycles. The van der Waals surface area contributed by atoms with Crippen molar-refractivity contribution in [2.45, 2.75) is 50.6 Å². The first-order chi connectivity index (χ1) is 12.6. The number of carbonyl (C=O) groups is 2. The van der Waals surface area contributed by atoms with Gasteiger partial charge >= 0.3 is 5.97 Å². The van der Waals surface area contributed by atoms with Crippen molar-refractivity contribution in [1.82, 2.24) is 0 Å². The first-order valence-electron chi connectivity index (χ1n) is 8.28. The van der Waals surface area contributed by atoms with Crippen LogP contribution in [0.25, 0.3) is 0 Å². The van der Waals surface area contributed by atoms with Gasteiger partial charge in [-0.15, -0.1) is 0 Å². The van der Waals surface area contributed by atoms with Gasteiger partial charge in [-0.25, -0.2) is 4.79 Å². The second kappa shape index (κ2) is 8.71. The standard InChI is InChI=1S/C18H21ClO8/c1-8-4-9(20)2-3-12(22)13(23)6-10(21)5-11-16(18(26)27-8)14(24)7-15(25)17(11)19/h2-3,7-9,12-13,20,22-25H,4-6H2,1H3/b3-2-/t8-,9+,12-,13+/m1/s1. The van der Waals surface area contributed by atoms with Gasteiger partial charge in [0, 0.05) is 30.9 Å². The molecule has 0 bridgehead atoms. The third-order valence-corrected chi connectivity index (χ3v) is 4.56. The third-order valence-electron chi connectivity index (χ3n) is 4.14. The molecule has 0 aliphatic carbocycles. The summed E-state index contributed by atoms with van der Waals surface area (Å²) in [5, 5.41) is 49.3. The summed E-state index contributed by atoms with van der Waals surface area (Å²) in [6.07, 6.45) is -3.27. The van der Waals surface area contributed by atoms with Crippen LogP contribution in [0.4, 0.5) is 0 Å². The van der Waals surface area contributed by atoms with Crippen LogP contribution >= 0.6 is 11.6 Å². The zero-order valence-electron chi connectivity index (χ0n) is 14.5. The summed E-state index contributed by atoms with van der Waals surface area (Å²) in [6, 6.07) is 0.858. The van der Waals surface area contributed by atoms with E-state index >= 15 is 0 Å². The third kappa shape index (κ3) is 5.20. The second-order valence-corrected chi connectivity index (χ2v) is 6.84. The molecular formula is C18H21ClO8. The highest BCUT2D eigenvalue weighted by Gasteiger charge is 2.28. The van der Waals surface area contributed by atoms with E-state index in [1.807, 2.05) is 0 Å². The molecule has 9 heteroatoms. The molecule has 1 heterocycles. The van der Waals surface area contributed by atoms with Gasteiger partial charge in [0.1, 0.15) is 28.9 Å². The number of cyclic esters (lactones) is 1. The van der Waals surface area contributed by atoms with Crippen LogP contribution in [0.15, 0.2) is 18.2 Å². The lowest BCUT2D eigenvalue weighted by atomic mass is 9.96. The lowest BCUT2D eigenvalue weighted by molar-refractivity contribution is -0.121. The zero-order chi connectivity index (χ0) is 20.3. The summed E-state index contributed by atoms with van der Waals surface area (Å²) < 4.78 is 5.19. The first kappa shape index (κ1) is 21.2. The van der Waals surface area contributed by atoms with E-state index in [1.54, 1.807) is 0 Å². The van der Waals surface area contributed by atoms with Crippen LogP contribution in [0, 0.1) is 0 Å². The predicted octanol–water partition coefficient (Wildman–Crippen LogP) is 0.841. The molecule has 0 unspecified atom stereocenters. The van der Waals surface area contributed by atoms with Crippen molar-refractivity contribution < 1.29 is 39.9 Å². The van der Waals surface area contributed by atoms with E-state index in [1.165, 1.54) is 13.0 Å². The molecule has 148 valence electrons. The SMILES string of the molecule is C[C@@H]1C[C@@H](O)/C=C\[C@@H](O)[C@@H](O)CC(=O)Cc2c(Cl)c(O)cc(O)c2C(=O)O1. The number of phenolic OH excluding ortho intramolecular Hbond substituents is 2. The minimum atomic E-state index is -1.44. The summed E-state index contributed by atoms with van der Waals surface area (Å²) in [7, 11) is 0.